The Morgan fingerprint density at radius 2 is 0.878 bits per heavy atom. The van der Waals surface area contributed by atoms with Gasteiger partial charge in [0.2, 0.25) is 5.24 Å². The van der Waals surface area contributed by atoms with E-state index in [-0.39, 0.29) is 11.0 Å². The fourth-order valence-electron chi connectivity index (χ4n) is 4.77. The van der Waals surface area contributed by atoms with E-state index < -0.39 is 11.4 Å². The number of rotatable bonds is 25. The highest BCUT2D eigenvalue weighted by atomic mass is 79.9. The fourth-order valence-corrected chi connectivity index (χ4v) is 8.81. The molecule has 0 spiro atoms. The van der Waals surface area contributed by atoms with E-state index in [2.05, 4.69) is 77.6 Å². The molecule has 2 heterocycles. The van der Waals surface area contributed by atoms with E-state index in [4.69, 9.17) is 41.7 Å². The van der Waals surface area contributed by atoms with Crippen LogP contribution < -0.4 is 0 Å². The van der Waals surface area contributed by atoms with Gasteiger partial charge in [-0.25, -0.2) is 30.1 Å². The molecule has 0 aliphatic carbocycles. The highest BCUT2D eigenvalue weighted by Crippen LogP contribution is 2.33. The Hall–Kier alpha value is 2.35. The predicted molar refractivity (Wildman–Crippen MR) is 240 cm³/mol. The summed E-state index contributed by atoms with van der Waals surface area (Å²) in [6.45, 7) is 4.52. The minimum absolute atomic E-state index is 0.184. The quantitative estimate of drug-likeness (QED) is 0.0430. The van der Waals surface area contributed by atoms with Gasteiger partial charge < -0.3 is 0 Å². The van der Waals surface area contributed by atoms with Crippen molar-refractivity contribution in [2.24, 2.45) is 0 Å². The van der Waals surface area contributed by atoms with Gasteiger partial charge in [-0.3, -0.25) is 9.59 Å². The number of carbonyl (C=O) groups is 2. The summed E-state index contributed by atoms with van der Waals surface area (Å²) >= 11 is 20.3. The van der Waals surface area contributed by atoms with E-state index in [1.54, 1.807) is 11.3 Å². The van der Waals surface area contributed by atoms with Crippen molar-refractivity contribution in [3.63, 3.8) is 0 Å². The maximum atomic E-state index is 12.1. The molecule has 284 valence electrons. The van der Waals surface area contributed by atoms with Gasteiger partial charge in [-0.05, 0) is 88.2 Å². The van der Waals surface area contributed by atoms with Gasteiger partial charge in [0.1, 0.15) is 0 Å². The normalized spacial score (nSPS) is 10.3. The third-order valence-electron chi connectivity index (χ3n) is 7.50. The monoisotopic (exact) mass is 1070 g/mol. The van der Waals surface area contributed by atoms with Crippen molar-refractivity contribution in [2.75, 3.05) is 0 Å². The molecular formula is C36H57AlBr4Cl4O2S2. The molecule has 0 N–H and O–H groups in total. The first kappa shape index (κ1) is 53.5. The summed E-state index contributed by atoms with van der Waals surface area (Å²) in [5, 5.41) is 5.85. The largest absolute Gasteiger partial charge is 0.643 e. The molecule has 0 amide bonds. The number of unbranched alkanes of at least 4 members (excludes halogenated alkanes) is 20. The molecule has 2 rings (SSSR count). The van der Waals surface area contributed by atoms with E-state index in [0.29, 0.717) is 12.8 Å². The van der Waals surface area contributed by atoms with Gasteiger partial charge in [-0.1, -0.05) is 142 Å². The summed E-state index contributed by atoms with van der Waals surface area (Å²) < 4.78 is 4.18. The summed E-state index contributed by atoms with van der Waals surface area (Å²) in [6.07, 6.45) is 30.2. The second-order valence-corrected chi connectivity index (χ2v) is 23.7. The van der Waals surface area contributed by atoms with Gasteiger partial charge in [0.25, 0.3) is 0 Å². The molecule has 49 heavy (non-hydrogen) atoms. The molecule has 0 bridgehead atoms. The first-order valence-corrected chi connectivity index (χ1v) is 28.5. The molecule has 0 aliphatic heterocycles. The van der Waals surface area contributed by atoms with E-state index in [1.807, 2.05) is 16.1 Å². The zero-order valence-corrected chi connectivity index (χ0v) is 41.6. The highest BCUT2D eigenvalue weighted by molar-refractivity contribution is 9.13. The number of Topliss-reactive ketones (excluding diaryl/α,β-unsaturated/α-hetero) is 1. The second-order valence-electron chi connectivity index (χ2n) is 11.9. The van der Waals surface area contributed by atoms with Crippen LogP contribution in [0.5, 0.6) is 0 Å². The van der Waals surface area contributed by atoms with Crippen molar-refractivity contribution >= 4 is 151 Å². The van der Waals surface area contributed by atoms with Crippen molar-refractivity contribution in [3.8, 4) is 0 Å². The van der Waals surface area contributed by atoms with Crippen molar-refractivity contribution in [2.45, 2.75) is 168 Å². The van der Waals surface area contributed by atoms with Gasteiger partial charge in [0.05, 0.1) is 9.35 Å². The van der Waals surface area contributed by atoms with E-state index in [0.717, 1.165) is 42.0 Å². The standard InChI is InChI=1S/C18H28Br2OS.C14H27ClO.C4H2Br2S.Al.3ClH/c1-2-3-4-5-6-7-8-9-10-11-12-13-16(21)18-17(20)15(19)14-22-18;1-2-3-4-5-6-7-8-9-10-11-12-13-14(15)16;5-3-1-7-2-4(3)6;;;;/h14H,2-13H2,1H3;2-13H2,1H3;1-2H;;3*1H/q;;;+3;;;/p-3. The third-order valence-corrected chi connectivity index (χ3v) is 14.4. The molecule has 0 radical (unpaired) electrons. The molecule has 2 aromatic heterocycles. The average molecular weight is 1070 g/mol. The Labute approximate surface area is 362 Å². The maximum Gasteiger partial charge on any atom is 0.643 e. The number of carbonyl (C=O) groups excluding carboxylic acids is 2. The van der Waals surface area contributed by atoms with Crippen molar-refractivity contribution in [3.05, 3.63) is 38.9 Å². The van der Waals surface area contributed by atoms with Crippen molar-refractivity contribution in [1.29, 1.82) is 0 Å². The Bertz CT molecular complexity index is 1030. The fraction of sp³-hybridized carbons (Fsp3) is 0.722. The first-order valence-electron chi connectivity index (χ1n) is 17.9. The molecule has 0 atom stereocenters. The topological polar surface area (TPSA) is 34.1 Å². The lowest BCUT2D eigenvalue weighted by atomic mass is 10.0. The molecular weight excluding hydrogens is 1020 g/mol. The predicted octanol–water partition coefficient (Wildman–Crippen LogP) is 18.6. The average Bonchev–Trinajstić information content (AvgIpc) is 3.60. The van der Waals surface area contributed by atoms with Gasteiger partial charge >= 0.3 is 11.4 Å². The molecule has 0 saturated carbocycles. The molecule has 2 nitrogen and oxygen atoms in total. The van der Waals surface area contributed by atoms with Crippen LogP contribution in [0.15, 0.2) is 34.0 Å². The highest BCUT2D eigenvalue weighted by Gasteiger charge is 2.14. The molecule has 0 saturated heterocycles. The Morgan fingerprint density at radius 1 is 0.551 bits per heavy atom. The van der Waals surface area contributed by atoms with E-state index in [9.17, 15) is 9.59 Å². The molecule has 2 aromatic rings. The first-order chi connectivity index (χ1) is 23.5. The van der Waals surface area contributed by atoms with Crippen LogP contribution in [0.2, 0.25) is 0 Å². The van der Waals surface area contributed by atoms with E-state index in [1.165, 1.54) is 133 Å². The van der Waals surface area contributed by atoms with Gasteiger partial charge in [-0.2, -0.15) is 11.3 Å². The SMILES string of the molecule is Brc1cscc1Br.CCCCCCCCCCCCCC(=O)Cl.CCCCCCCCCCCCCC(=O)c1scc(Br)c1Br.[Cl][Al]([Cl])[Cl]. The molecule has 0 unspecified atom stereocenters. The Morgan fingerprint density at radius 3 is 1.14 bits per heavy atom. The van der Waals surface area contributed by atoms with Crippen LogP contribution in [0.25, 0.3) is 0 Å². The number of ketones is 1. The van der Waals surface area contributed by atoms with Crippen LogP contribution in [0.1, 0.15) is 178 Å². The lowest BCUT2D eigenvalue weighted by molar-refractivity contribution is -0.111. The summed E-state index contributed by atoms with van der Waals surface area (Å²) in [5.74, 6) is 0.276. The van der Waals surface area contributed by atoms with Crippen LogP contribution >= 0.6 is 128 Å². The Balaban J connectivity index is 0. The maximum absolute atomic E-state index is 12.1. The Kier molecular flexibility index (Phi) is 43.7. The second kappa shape index (κ2) is 40.0. The minimum Gasteiger partial charge on any atom is -0.293 e. The van der Waals surface area contributed by atoms with Gasteiger partial charge in [0.15, 0.2) is 5.78 Å². The molecule has 0 aliphatic rings. The summed E-state index contributed by atoms with van der Waals surface area (Å²) in [4.78, 5) is 23.4. The number of halogens is 8. The minimum atomic E-state index is -1.72. The van der Waals surface area contributed by atoms with Crippen LogP contribution in [0.4, 0.5) is 0 Å². The zero-order valence-electron chi connectivity index (χ0n) is 29.4. The van der Waals surface area contributed by atoms with Crippen molar-refractivity contribution < 1.29 is 9.59 Å². The lowest BCUT2D eigenvalue weighted by Gasteiger charge is -2.02. The van der Waals surface area contributed by atoms with Gasteiger partial charge in [-0.15, -0.1) is 11.3 Å². The smallest absolute Gasteiger partial charge is 0.293 e. The third kappa shape index (κ3) is 38.4. The van der Waals surface area contributed by atoms with Gasteiger partial charge in [0, 0.05) is 42.4 Å². The summed E-state index contributed by atoms with van der Waals surface area (Å²) in [5.41, 5.74) is 0. The summed E-state index contributed by atoms with van der Waals surface area (Å²) in [6, 6.07) is 0. The van der Waals surface area contributed by atoms with Crippen LogP contribution in [0.3, 0.4) is 0 Å². The molecule has 0 fully saturated rings. The van der Waals surface area contributed by atoms with Crippen LogP contribution in [-0.4, -0.2) is 22.4 Å². The number of hydrogen-bond donors (Lipinski definition) is 0. The van der Waals surface area contributed by atoms with Crippen LogP contribution in [0, 0.1) is 0 Å². The van der Waals surface area contributed by atoms with Crippen LogP contribution in [-0.2, 0) is 4.79 Å². The van der Waals surface area contributed by atoms with E-state index >= 15 is 0 Å². The number of hydrogen-bond acceptors (Lipinski definition) is 4. The van der Waals surface area contributed by atoms with Crippen molar-refractivity contribution in [1.82, 2.24) is 0 Å². The summed E-state index contributed by atoms with van der Waals surface area (Å²) in [7, 11) is 14.8. The molecule has 13 heteroatoms. The zero-order chi connectivity index (χ0) is 37.1. The molecule has 0 aromatic carbocycles. The lowest BCUT2D eigenvalue weighted by Crippen LogP contribution is -1.96. The number of thiophene rings is 2.